The average Bonchev–Trinajstić information content (AvgIpc) is 3.15. The van der Waals surface area contributed by atoms with Gasteiger partial charge >= 0.3 is 6.18 Å². The number of thiophene rings is 1. The third-order valence-corrected chi connectivity index (χ3v) is 6.25. The molecule has 0 aliphatic carbocycles. The third-order valence-electron chi connectivity index (χ3n) is 5.21. The highest BCUT2D eigenvalue weighted by Crippen LogP contribution is 2.31. The van der Waals surface area contributed by atoms with Crippen LogP contribution in [0.5, 0.6) is 0 Å². The second-order valence-corrected chi connectivity index (χ2v) is 8.43. The van der Waals surface area contributed by atoms with E-state index in [9.17, 15) is 13.2 Å². The molecule has 152 valence electrons. The number of nitrogens with zero attached hydrogens (tertiary/aromatic N) is 4. The molecule has 0 spiro atoms. The summed E-state index contributed by atoms with van der Waals surface area (Å²) < 4.78 is 38.3. The molecule has 0 atom stereocenters. The highest BCUT2D eigenvalue weighted by Gasteiger charge is 2.30. The Balaban J connectivity index is 1.32. The molecule has 30 heavy (non-hydrogen) atoms. The van der Waals surface area contributed by atoms with Crippen molar-refractivity contribution in [2.24, 2.45) is 0 Å². The molecule has 8 heteroatoms. The van der Waals surface area contributed by atoms with E-state index < -0.39 is 11.7 Å². The predicted molar refractivity (Wildman–Crippen MR) is 110 cm³/mol. The molecule has 1 aromatic carbocycles. The van der Waals surface area contributed by atoms with Crippen LogP contribution in [-0.2, 0) is 25.7 Å². The number of hydrogen-bond donors (Lipinski definition) is 0. The van der Waals surface area contributed by atoms with Crippen molar-refractivity contribution >= 4 is 21.6 Å². The number of fused-ring (bicyclic) bond motifs is 2. The first-order valence-electron chi connectivity index (χ1n) is 9.54. The Morgan fingerprint density at radius 2 is 1.90 bits per heavy atom. The minimum absolute atomic E-state index is 0.464. The summed E-state index contributed by atoms with van der Waals surface area (Å²) >= 11 is 1.71. The van der Waals surface area contributed by atoms with Crippen molar-refractivity contribution in [2.45, 2.75) is 25.7 Å². The van der Waals surface area contributed by atoms with Crippen molar-refractivity contribution in [2.75, 3.05) is 6.54 Å². The molecule has 4 heterocycles. The molecule has 3 aromatic heterocycles. The molecule has 0 N–H and O–H groups in total. The maximum atomic E-state index is 12.8. The molecule has 0 amide bonds. The van der Waals surface area contributed by atoms with Crippen LogP contribution >= 0.6 is 11.3 Å². The normalized spacial score (nSPS) is 14.8. The van der Waals surface area contributed by atoms with Crippen LogP contribution in [0.3, 0.4) is 0 Å². The fraction of sp³-hybridized carbons (Fsp3) is 0.227. The summed E-state index contributed by atoms with van der Waals surface area (Å²) in [4.78, 5) is 18.1. The average molecular weight is 426 g/mol. The first-order chi connectivity index (χ1) is 14.5. The molecule has 5 rings (SSSR count). The van der Waals surface area contributed by atoms with Gasteiger partial charge in [-0.1, -0.05) is 18.2 Å². The molecule has 4 aromatic rings. The van der Waals surface area contributed by atoms with Gasteiger partial charge in [0.05, 0.1) is 11.3 Å². The topological polar surface area (TPSA) is 41.9 Å². The maximum Gasteiger partial charge on any atom is 0.416 e. The Bertz CT molecular complexity index is 1170. The van der Waals surface area contributed by atoms with Crippen molar-refractivity contribution in [1.82, 2.24) is 19.9 Å². The minimum Gasteiger partial charge on any atom is -0.293 e. The molecule has 0 fully saturated rings. The Labute approximate surface area is 175 Å². The number of rotatable bonds is 3. The van der Waals surface area contributed by atoms with E-state index in [1.54, 1.807) is 17.5 Å². The molecule has 0 saturated heterocycles. The van der Waals surface area contributed by atoms with E-state index >= 15 is 0 Å². The second kappa shape index (κ2) is 7.45. The summed E-state index contributed by atoms with van der Waals surface area (Å²) in [6.45, 7) is 2.48. The van der Waals surface area contributed by atoms with E-state index in [1.807, 2.05) is 12.3 Å². The highest BCUT2D eigenvalue weighted by atomic mass is 32.1. The number of pyridine rings is 1. The van der Waals surface area contributed by atoms with Crippen molar-refractivity contribution in [3.8, 4) is 11.4 Å². The zero-order valence-electron chi connectivity index (χ0n) is 15.9. The largest absolute Gasteiger partial charge is 0.416 e. The Hall–Kier alpha value is -2.84. The van der Waals surface area contributed by atoms with Gasteiger partial charge in [0.1, 0.15) is 4.83 Å². The first-order valence-corrected chi connectivity index (χ1v) is 10.4. The van der Waals surface area contributed by atoms with Gasteiger partial charge in [-0.15, -0.1) is 11.3 Å². The molecular formula is C22H17F3N4S. The van der Waals surface area contributed by atoms with E-state index in [-0.39, 0.29) is 0 Å². The fourth-order valence-electron chi connectivity index (χ4n) is 3.68. The molecule has 0 bridgehead atoms. The Morgan fingerprint density at radius 3 is 2.67 bits per heavy atom. The van der Waals surface area contributed by atoms with Gasteiger partial charge in [0.15, 0.2) is 5.82 Å². The van der Waals surface area contributed by atoms with Crippen LogP contribution in [0.25, 0.3) is 21.6 Å². The van der Waals surface area contributed by atoms with Gasteiger partial charge in [-0.05, 0) is 24.3 Å². The lowest BCUT2D eigenvalue weighted by atomic mass is 10.1. The summed E-state index contributed by atoms with van der Waals surface area (Å²) in [5, 5.41) is 1.17. The summed E-state index contributed by atoms with van der Waals surface area (Å²) in [6, 6.07) is 11.2. The summed E-state index contributed by atoms with van der Waals surface area (Å²) in [6.07, 6.45) is 0.0527. The van der Waals surface area contributed by atoms with Crippen LogP contribution in [0.1, 0.15) is 21.7 Å². The molecule has 1 aliphatic heterocycles. The van der Waals surface area contributed by atoms with Crippen molar-refractivity contribution < 1.29 is 13.2 Å². The van der Waals surface area contributed by atoms with Gasteiger partial charge in [-0.2, -0.15) is 13.2 Å². The van der Waals surface area contributed by atoms with Crippen molar-refractivity contribution in [3.05, 3.63) is 76.6 Å². The summed E-state index contributed by atoms with van der Waals surface area (Å²) in [7, 11) is 0. The Kier molecular flexibility index (Phi) is 4.75. The van der Waals surface area contributed by atoms with Gasteiger partial charge in [-0.25, -0.2) is 15.0 Å². The van der Waals surface area contributed by atoms with Gasteiger partial charge in [0, 0.05) is 59.8 Å². The zero-order chi connectivity index (χ0) is 20.7. The van der Waals surface area contributed by atoms with Gasteiger partial charge in [0.25, 0.3) is 0 Å². The number of aromatic nitrogens is 3. The maximum absolute atomic E-state index is 12.8. The number of benzene rings is 1. The lowest BCUT2D eigenvalue weighted by Crippen LogP contribution is -2.30. The van der Waals surface area contributed by atoms with Gasteiger partial charge < -0.3 is 0 Å². The van der Waals surface area contributed by atoms with Crippen LogP contribution in [0, 0.1) is 0 Å². The quantitative estimate of drug-likeness (QED) is 0.444. The molecule has 0 radical (unpaired) electrons. The van der Waals surface area contributed by atoms with Crippen LogP contribution in [0.4, 0.5) is 13.2 Å². The fourth-order valence-corrected chi connectivity index (χ4v) is 4.72. The molecule has 0 unspecified atom stereocenters. The van der Waals surface area contributed by atoms with Crippen LogP contribution in [-0.4, -0.2) is 26.4 Å². The number of halogens is 3. The highest BCUT2D eigenvalue weighted by molar-refractivity contribution is 7.18. The summed E-state index contributed by atoms with van der Waals surface area (Å²) in [5.41, 5.74) is 1.95. The molecule has 1 aliphatic rings. The summed E-state index contributed by atoms with van der Waals surface area (Å²) in [5.74, 6) is 0.464. The van der Waals surface area contributed by atoms with E-state index in [0.717, 1.165) is 54.3 Å². The van der Waals surface area contributed by atoms with E-state index in [0.29, 0.717) is 11.4 Å². The molecule has 4 nitrogen and oxygen atoms in total. The molecular weight excluding hydrogens is 409 g/mol. The third kappa shape index (κ3) is 3.80. The minimum atomic E-state index is -4.34. The van der Waals surface area contributed by atoms with E-state index in [1.165, 1.54) is 22.4 Å². The van der Waals surface area contributed by atoms with Gasteiger partial charge in [0.2, 0.25) is 0 Å². The van der Waals surface area contributed by atoms with E-state index in [4.69, 9.17) is 0 Å². The number of alkyl halides is 3. The van der Waals surface area contributed by atoms with Crippen LogP contribution in [0.2, 0.25) is 0 Å². The first kappa shape index (κ1) is 19.1. The SMILES string of the molecule is FC(F)(F)c1ccc(-c2ncc3c(n2)CCN(Cc2cc4cccnc4s2)C3)cc1. The molecule has 0 saturated carbocycles. The zero-order valence-corrected chi connectivity index (χ0v) is 16.7. The van der Waals surface area contributed by atoms with Crippen LogP contribution in [0.15, 0.2) is 54.9 Å². The lowest BCUT2D eigenvalue weighted by Gasteiger charge is -2.27. The van der Waals surface area contributed by atoms with Crippen molar-refractivity contribution in [1.29, 1.82) is 0 Å². The second-order valence-electron chi connectivity index (χ2n) is 7.31. The van der Waals surface area contributed by atoms with Gasteiger partial charge in [-0.3, -0.25) is 4.90 Å². The smallest absolute Gasteiger partial charge is 0.293 e. The Morgan fingerprint density at radius 1 is 1.07 bits per heavy atom. The predicted octanol–water partition coefficient (Wildman–Crippen LogP) is 5.33. The van der Waals surface area contributed by atoms with Crippen molar-refractivity contribution in [3.63, 3.8) is 0 Å². The van der Waals surface area contributed by atoms with Crippen LogP contribution < -0.4 is 0 Å². The number of hydrogen-bond acceptors (Lipinski definition) is 5. The lowest BCUT2D eigenvalue weighted by molar-refractivity contribution is -0.137. The van der Waals surface area contributed by atoms with E-state index in [2.05, 4.69) is 32.0 Å². The standard InChI is InChI=1S/C22H17F3N4S/c23-22(24,25)17-5-3-14(4-6-17)20-27-11-16-12-29(9-7-19(16)28-20)13-18-10-15-2-1-8-26-21(15)30-18/h1-6,8,10-11H,7,9,12-13H2. The monoisotopic (exact) mass is 426 g/mol.